The molecule has 0 amide bonds. The van der Waals surface area contributed by atoms with E-state index in [1.54, 1.807) is 12.1 Å². The Morgan fingerprint density at radius 1 is 1.50 bits per heavy atom. The molecule has 1 aromatic rings. The van der Waals surface area contributed by atoms with Crippen molar-refractivity contribution in [2.75, 3.05) is 13.2 Å². The highest BCUT2D eigenvalue weighted by atomic mass is 79.9. The first-order valence-electron chi connectivity index (χ1n) is 4.93. The quantitative estimate of drug-likeness (QED) is 0.927. The number of carbonyl (C=O) groups is 1. The normalized spacial score (nSPS) is 19.7. The lowest BCUT2D eigenvalue weighted by molar-refractivity contribution is 0.0695. The maximum absolute atomic E-state index is 10.8. The van der Waals surface area contributed by atoms with Gasteiger partial charge in [0.1, 0.15) is 11.9 Å². The second kappa shape index (κ2) is 4.84. The fourth-order valence-corrected chi connectivity index (χ4v) is 2.02. The van der Waals surface area contributed by atoms with E-state index in [2.05, 4.69) is 15.9 Å². The monoisotopic (exact) mass is 286 g/mol. The molecule has 16 heavy (non-hydrogen) atoms. The van der Waals surface area contributed by atoms with Crippen LogP contribution in [0.5, 0.6) is 5.75 Å². The number of hydrogen-bond donors (Lipinski definition) is 1. The largest absolute Gasteiger partial charge is 0.488 e. The van der Waals surface area contributed by atoms with E-state index in [0.717, 1.165) is 6.42 Å². The first-order valence-corrected chi connectivity index (χ1v) is 5.73. The van der Waals surface area contributed by atoms with Gasteiger partial charge in [0.2, 0.25) is 0 Å². The van der Waals surface area contributed by atoms with Crippen molar-refractivity contribution in [3.05, 3.63) is 28.2 Å². The lowest BCUT2D eigenvalue weighted by atomic mass is 10.2. The third-order valence-corrected chi connectivity index (χ3v) is 2.77. The topological polar surface area (TPSA) is 55.8 Å². The molecular formula is C11H11BrO4. The molecule has 0 saturated carbocycles. The molecule has 5 heteroatoms. The van der Waals surface area contributed by atoms with Gasteiger partial charge in [-0.1, -0.05) is 15.9 Å². The molecule has 1 unspecified atom stereocenters. The fourth-order valence-electron chi connectivity index (χ4n) is 1.55. The number of rotatable bonds is 3. The minimum absolute atomic E-state index is 0.0240. The summed E-state index contributed by atoms with van der Waals surface area (Å²) >= 11 is 3.26. The van der Waals surface area contributed by atoms with Gasteiger partial charge in [-0.15, -0.1) is 0 Å². The molecule has 0 aromatic heterocycles. The molecule has 1 aliphatic rings. The van der Waals surface area contributed by atoms with Crippen molar-refractivity contribution in [2.24, 2.45) is 0 Å². The molecule has 1 N–H and O–H groups in total. The second-order valence-corrected chi connectivity index (χ2v) is 4.50. The molecule has 1 aliphatic heterocycles. The summed E-state index contributed by atoms with van der Waals surface area (Å²) in [5.74, 6) is -0.406. The number of hydrogen-bond acceptors (Lipinski definition) is 3. The summed E-state index contributed by atoms with van der Waals surface area (Å²) in [6.45, 7) is 1.26. The second-order valence-electron chi connectivity index (χ2n) is 3.58. The van der Waals surface area contributed by atoms with Crippen molar-refractivity contribution in [3.8, 4) is 5.75 Å². The van der Waals surface area contributed by atoms with Crippen LogP contribution in [0.2, 0.25) is 0 Å². The Morgan fingerprint density at radius 2 is 2.31 bits per heavy atom. The van der Waals surface area contributed by atoms with Crippen LogP contribution in [0.15, 0.2) is 22.7 Å². The van der Waals surface area contributed by atoms with E-state index < -0.39 is 5.97 Å². The van der Waals surface area contributed by atoms with Crippen LogP contribution in [0.25, 0.3) is 0 Å². The molecule has 0 aliphatic carbocycles. The molecule has 0 radical (unpaired) electrons. The van der Waals surface area contributed by atoms with E-state index in [9.17, 15) is 4.79 Å². The SMILES string of the molecule is O=C(O)c1cc(Br)cc(OC2CCOC2)c1. The average Bonchev–Trinajstić information content (AvgIpc) is 2.69. The van der Waals surface area contributed by atoms with Gasteiger partial charge in [-0.25, -0.2) is 4.79 Å². The van der Waals surface area contributed by atoms with Crippen LogP contribution in [-0.4, -0.2) is 30.4 Å². The molecule has 0 bridgehead atoms. The van der Waals surface area contributed by atoms with E-state index in [-0.39, 0.29) is 11.7 Å². The summed E-state index contributed by atoms with van der Waals surface area (Å²) in [4.78, 5) is 10.8. The third-order valence-electron chi connectivity index (χ3n) is 2.31. The molecule has 1 heterocycles. The Bertz CT molecular complexity index is 399. The Kier molecular flexibility index (Phi) is 3.46. The third kappa shape index (κ3) is 2.74. The number of carboxylic acids is 1. The van der Waals surface area contributed by atoms with Gasteiger partial charge in [-0.2, -0.15) is 0 Å². The van der Waals surface area contributed by atoms with E-state index in [1.165, 1.54) is 6.07 Å². The molecule has 4 nitrogen and oxygen atoms in total. The van der Waals surface area contributed by atoms with E-state index in [1.807, 2.05) is 0 Å². The minimum Gasteiger partial charge on any atom is -0.488 e. The number of aromatic carboxylic acids is 1. The number of halogens is 1. The van der Waals surface area contributed by atoms with Gasteiger partial charge in [0.15, 0.2) is 0 Å². The van der Waals surface area contributed by atoms with Gasteiger partial charge in [0.05, 0.1) is 18.8 Å². The first kappa shape index (κ1) is 11.4. The predicted molar refractivity (Wildman–Crippen MR) is 61.0 cm³/mol. The molecule has 1 fully saturated rings. The smallest absolute Gasteiger partial charge is 0.335 e. The van der Waals surface area contributed by atoms with Crippen LogP contribution < -0.4 is 4.74 Å². The van der Waals surface area contributed by atoms with E-state index in [4.69, 9.17) is 14.6 Å². The molecule has 0 spiro atoms. The van der Waals surface area contributed by atoms with Crippen molar-refractivity contribution in [3.63, 3.8) is 0 Å². The molecule has 2 rings (SSSR count). The van der Waals surface area contributed by atoms with Crippen LogP contribution in [0.1, 0.15) is 16.8 Å². The first-order chi connectivity index (χ1) is 7.65. The Balaban J connectivity index is 2.16. The number of carboxylic acid groups (broad SMARTS) is 1. The van der Waals surface area contributed by atoms with Crippen LogP contribution in [0, 0.1) is 0 Å². The van der Waals surface area contributed by atoms with Crippen molar-refractivity contribution in [1.29, 1.82) is 0 Å². The average molecular weight is 287 g/mol. The summed E-state index contributed by atoms with van der Waals surface area (Å²) in [6, 6.07) is 4.82. The van der Waals surface area contributed by atoms with Gasteiger partial charge in [-0.3, -0.25) is 0 Å². The van der Waals surface area contributed by atoms with Gasteiger partial charge in [-0.05, 0) is 18.2 Å². The zero-order valence-electron chi connectivity index (χ0n) is 8.48. The molecule has 1 atom stereocenters. The zero-order chi connectivity index (χ0) is 11.5. The summed E-state index contributed by atoms with van der Waals surface area (Å²) in [5.41, 5.74) is 0.211. The van der Waals surface area contributed by atoms with Crippen LogP contribution in [-0.2, 0) is 4.74 Å². The standard InChI is InChI=1S/C11H11BrO4/c12-8-3-7(11(13)14)4-10(5-8)16-9-1-2-15-6-9/h3-5,9H,1-2,6H2,(H,13,14). The summed E-state index contributed by atoms with van der Waals surface area (Å²) in [6.07, 6.45) is 0.866. The van der Waals surface area contributed by atoms with Crippen LogP contribution in [0.4, 0.5) is 0 Å². The van der Waals surface area contributed by atoms with Crippen LogP contribution >= 0.6 is 15.9 Å². The van der Waals surface area contributed by atoms with Gasteiger partial charge >= 0.3 is 5.97 Å². The van der Waals surface area contributed by atoms with Crippen LogP contribution in [0.3, 0.4) is 0 Å². The summed E-state index contributed by atoms with van der Waals surface area (Å²) in [5, 5.41) is 8.89. The van der Waals surface area contributed by atoms with E-state index >= 15 is 0 Å². The van der Waals surface area contributed by atoms with Crippen molar-refractivity contribution in [2.45, 2.75) is 12.5 Å². The molecular weight excluding hydrogens is 276 g/mol. The maximum atomic E-state index is 10.8. The van der Waals surface area contributed by atoms with Gasteiger partial charge in [0.25, 0.3) is 0 Å². The van der Waals surface area contributed by atoms with Crippen molar-refractivity contribution in [1.82, 2.24) is 0 Å². The molecule has 1 saturated heterocycles. The lowest BCUT2D eigenvalue weighted by Gasteiger charge is -2.12. The molecule has 86 valence electrons. The number of ether oxygens (including phenoxy) is 2. The summed E-state index contributed by atoms with van der Waals surface area (Å²) < 4.78 is 11.5. The maximum Gasteiger partial charge on any atom is 0.335 e. The lowest BCUT2D eigenvalue weighted by Crippen LogP contribution is -2.16. The van der Waals surface area contributed by atoms with E-state index in [0.29, 0.717) is 23.4 Å². The van der Waals surface area contributed by atoms with Gasteiger partial charge < -0.3 is 14.6 Å². The van der Waals surface area contributed by atoms with Crippen molar-refractivity contribution < 1.29 is 19.4 Å². The molecule has 1 aromatic carbocycles. The summed E-state index contributed by atoms with van der Waals surface area (Å²) in [7, 11) is 0. The Hall–Kier alpha value is -1.07. The highest BCUT2D eigenvalue weighted by molar-refractivity contribution is 9.10. The van der Waals surface area contributed by atoms with Gasteiger partial charge in [0, 0.05) is 10.9 Å². The van der Waals surface area contributed by atoms with Crippen molar-refractivity contribution >= 4 is 21.9 Å². The zero-order valence-corrected chi connectivity index (χ0v) is 10.1. The fraction of sp³-hybridized carbons (Fsp3) is 0.364. The Labute approximate surface area is 101 Å². The number of benzene rings is 1. The highest BCUT2D eigenvalue weighted by Gasteiger charge is 2.18. The highest BCUT2D eigenvalue weighted by Crippen LogP contribution is 2.24. The minimum atomic E-state index is -0.964. The Morgan fingerprint density at radius 3 is 2.94 bits per heavy atom. The predicted octanol–water partition coefficient (Wildman–Crippen LogP) is 2.32.